The molecule has 0 aromatic heterocycles. The Morgan fingerprint density at radius 1 is 1.00 bits per heavy atom. The second-order valence-corrected chi connectivity index (χ2v) is 5.68. The summed E-state index contributed by atoms with van der Waals surface area (Å²) in [7, 11) is 0. The lowest BCUT2D eigenvalue weighted by atomic mass is 9.78. The molecule has 1 nitrogen and oxygen atoms in total. The first-order valence-corrected chi connectivity index (χ1v) is 7.76. The summed E-state index contributed by atoms with van der Waals surface area (Å²) >= 11 is 0. The van der Waals surface area contributed by atoms with Crippen LogP contribution in [0.3, 0.4) is 0 Å². The SMILES string of the molecule is CCCCCCCCC([C]=O)C1CCCCC1. The molecule has 1 heteroatoms. The van der Waals surface area contributed by atoms with E-state index in [-0.39, 0.29) is 5.92 Å². The third-order valence-electron chi connectivity index (χ3n) is 4.24. The normalized spacial score (nSPS) is 19.1. The van der Waals surface area contributed by atoms with Crippen LogP contribution in [0.5, 0.6) is 0 Å². The zero-order chi connectivity index (χ0) is 12.3. The maximum absolute atomic E-state index is 11.0. The number of hydrogen-bond donors (Lipinski definition) is 0. The van der Waals surface area contributed by atoms with Gasteiger partial charge in [-0.05, 0) is 25.2 Å². The van der Waals surface area contributed by atoms with Crippen LogP contribution in [-0.4, -0.2) is 6.29 Å². The lowest BCUT2D eigenvalue weighted by molar-refractivity contribution is 0.277. The Bertz CT molecular complexity index is 182. The zero-order valence-electron chi connectivity index (χ0n) is 11.5. The van der Waals surface area contributed by atoms with Gasteiger partial charge in [0.1, 0.15) is 0 Å². The molecule has 17 heavy (non-hydrogen) atoms. The van der Waals surface area contributed by atoms with E-state index in [0.717, 1.165) is 6.42 Å². The molecule has 1 unspecified atom stereocenters. The Morgan fingerprint density at radius 3 is 2.29 bits per heavy atom. The summed E-state index contributed by atoms with van der Waals surface area (Å²) in [6.07, 6.45) is 18.0. The van der Waals surface area contributed by atoms with Gasteiger partial charge < -0.3 is 0 Å². The minimum atomic E-state index is 0.251. The van der Waals surface area contributed by atoms with Gasteiger partial charge in [0.25, 0.3) is 0 Å². The second-order valence-electron chi connectivity index (χ2n) is 5.68. The summed E-state index contributed by atoms with van der Waals surface area (Å²) in [6.45, 7) is 2.25. The van der Waals surface area contributed by atoms with Gasteiger partial charge in [0, 0.05) is 5.92 Å². The molecule has 1 aliphatic carbocycles. The van der Waals surface area contributed by atoms with Crippen LogP contribution < -0.4 is 0 Å². The fourth-order valence-electron chi connectivity index (χ4n) is 3.07. The Morgan fingerprint density at radius 2 is 1.65 bits per heavy atom. The topological polar surface area (TPSA) is 17.1 Å². The van der Waals surface area contributed by atoms with Crippen LogP contribution in [0.15, 0.2) is 0 Å². The van der Waals surface area contributed by atoms with Crippen molar-refractivity contribution in [1.29, 1.82) is 0 Å². The molecule has 1 radical (unpaired) electrons. The van der Waals surface area contributed by atoms with Gasteiger partial charge in [-0.15, -0.1) is 0 Å². The standard InChI is InChI=1S/C16H29O/c1-2-3-4-5-6-8-13-16(14-17)15-11-9-7-10-12-15/h15-16H,2-13H2,1H3. The van der Waals surface area contributed by atoms with Crippen LogP contribution in [0.4, 0.5) is 0 Å². The van der Waals surface area contributed by atoms with E-state index < -0.39 is 0 Å². The monoisotopic (exact) mass is 237 g/mol. The molecule has 0 aliphatic heterocycles. The summed E-state index contributed by atoms with van der Waals surface area (Å²) in [4.78, 5) is 11.0. The second kappa shape index (κ2) is 9.67. The summed E-state index contributed by atoms with van der Waals surface area (Å²) in [5.41, 5.74) is 0. The molecule has 0 aromatic rings. The van der Waals surface area contributed by atoms with Crippen molar-refractivity contribution in [3.8, 4) is 0 Å². The van der Waals surface area contributed by atoms with E-state index in [2.05, 4.69) is 13.2 Å². The van der Waals surface area contributed by atoms with Gasteiger partial charge in [0.05, 0.1) is 0 Å². The minimum Gasteiger partial charge on any atom is -0.291 e. The molecular formula is C16H29O. The highest BCUT2D eigenvalue weighted by molar-refractivity contribution is 5.54. The van der Waals surface area contributed by atoms with E-state index in [1.54, 1.807) is 0 Å². The smallest absolute Gasteiger partial charge is 0.202 e. The van der Waals surface area contributed by atoms with Crippen LogP contribution in [0.1, 0.15) is 84.0 Å². The molecule has 1 rings (SSSR count). The van der Waals surface area contributed by atoms with E-state index in [1.807, 2.05) is 0 Å². The highest BCUT2D eigenvalue weighted by Gasteiger charge is 2.23. The molecular weight excluding hydrogens is 208 g/mol. The third-order valence-corrected chi connectivity index (χ3v) is 4.24. The number of unbranched alkanes of at least 4 members (excludes halogenated alkanes) is 5. The van der Waals surface area contributed by atoms with Crippen molar-refractivity contribution in [3.63, 3.8) is 0 Å². The lowest BCUT2D eigenvalue weighted by Gasteiger charge is -2.26. The van der Waals surface area contributed by atoms with Gasteiger partial charge in [0.2, 0.25) is 6.29 Å². The van der Waals surface area contributed by atoms with Crippen molar-refractivity contribution >= 4 is 6.29 Å². The largest absolute Gasteiger partial charge is 0.291 e. The maximum atomic E-state index is 11.0. The lowest BCUT2D eigenvalue weighted by Crippen LogP contribution is -2.19. The van der Waals surface area contributed by atoms with Crippen molar-refractivity contribution in [3.05, 3.63) is 0 Å². The predicted octanol–water partition coefficient (Wildman–Crippen LogP) is 5.04. The van der Waals surface area contributed by atoms with Crippen LogP contribution in [0.2, 0.25) is 0 Å². The molecule has 0 saturated heterocycles. The Hall–Kier alpha value is -0.330. The molecule has 0 bridgehead atoms. The van der Waals surface area contributed by atoms with E-state index in [9.17, 15) is 4.79 Å². The van der Waals surface area contributed by atoms with Crippen molar-refractivity contribution in [2.45, 2.75) is 84.0 Å². The fraction of sp³-hybridized carbons (Fsp3) is 0.938. The van der Waals surface area contributed by atoms with Crippen molar-refractivity contribution in [2.75, 3.05) is 0 Å². The average Bonchev–Trinajstić information content (AvgIpc) is 2.39. The highest BCUT2D eigenvalue weighted by atomic mass is 16.1. The molecule has 0 heterocycles. The third kappa shape index (κ3) is 6.24. The van der Waals surface area contributed by atoms with Crippen LogP contribution in [0, 0.1) is 11.8 Å². The summed E-state index contributed by atoms with van der Waals surface area (Å²) < 4.78 is 0. The fourth-order valence-corrected chi connectivity index (χ4v) is 3.07. The molecule has 1 saturated carbocycles. The van der Waals surface area contributed by atoms with Crippen molar-refractivity contribution < 1.29 is 4.79 Å². The van der Waals surface area contributed by atoms with Gasteiger partial charge in [-0.25, -0.2) is 0 Å². The van der Waals surface area contributed by atoms with E-state index in [0.29, 0.717) is 5.92 Å². The molecule has 0 spiro atoms. The van der Waals surface area contributed by atoms with Gasteiger partial charge >= 0.3 is 0 Å². The van der Waals surface area contributed by atoms with Crippen LogP contribution in [-0.2, 0) is 4.79 Å². The zero-order valence-corrected chi connectivity index (χ0v) is 11.5. The van der Waals surface area contributed by atoms with Gasteiger partial charge in [0.15, 0.2) is 0 Å². The maximum Gasteiger partial charge on any atom is 0.202 e. The predicted molar refractivity (Wildman–Crippen MR) is 73.8 cm³/mol. The highest BCUT2D eigenvalue weighted by Crippen LogP contribution is 2.31. The summed E-state index contributed by atoms with van der Waals surface area (Å²) in [5.74, 6) is 0.915. The van der Waals surface area contributed by atoms with Gasteiger partial charge in [-0.1, -0.05) is 64.7 Å². The van der Waals surface area contributed by atoms with Gasteiger partial charge in [-0.3, -0.25) is 4.79 Å². The molecule has 1 aliphatic rings. The molecule has 1 atom stereocenters. The molecule has 0 aromatic carbocycles. The number of carbonyl (C=O) groups excluding carboxylic acids is 1. The van der Waals surface area contributed by atoms with E-state index in [1.165, 1.54) is 70.6 Å². The number of rotatable bonds is 9. The van der Waals surface area contributed by atoms with Crippen LogP contribution in [0.25, 0.3) is 0 Å². The molecule has 0 amide bonds. The first kappa shape index (κ1) is 14.7. The quantitative estimate of drug-likeness (QED) is 0.513. The Kier molecular flexibility index (Phi) is 8.38. The first-order valence-electron chi connectivity index (χ1n) is 7.76. The number of hydrogen-bond acceptors (Lipinski definition) is 1. The molecule has 99 valence electrons. The summed E-state index contributed by atoms with van der Waals surface area (Å²) in [6, 6.07) is 0. The first-order chi connectivity index (χ1) is 8.38. The Balaban J connectivity index is 2.07. The van der Waals surface area contributed by atoms with E-state index in [4.69, 9.17) is 0 Å². The van der Waals surface area contributed by atoms with Crippen molar-refractivity contribution in [1.82, 2.24) is 0 Å². The Labute approximate surface area is 107 Å². The minimum absolute atomic E-state index is 0.251. The molecule has 0 N–H and O–H groups in total. The van der Waals surface area contributed by atoms with Crippen molar-refractivity contribution in [2.24, 2.45) is 11.8 Å². The van der Waals surface area contributed by atoms with E-state index >= 15 is 0 Å². The summed E-state index contributed by atoms with van der Waals surface area (Å²) in [5, 5.41) is 0. The molecule has 1 fully saturated rings. The van der Waals surface area contributed by atoms with Gasteiger partial charge in [-0.2, -0.15) is 0 Å². The van der Waals surface area contributed by atoms with Crippen LogP contribution >= 0.6 is 0 Å². The average molecular weight is 237 g/mol.